The number of benzene rings is 1. The second-order valence-corrected chi connectivity index (χ2v) is 6.19. The molecule has 0 saturated carbocycles. The first kappa shape index (κ1) is 15.1. The molecule has 2 heterocycles. The van der Waals surface area contributed by atoms with Gasteiger partial charge in [0.1, 0.15) is 18.1 Å². The maximum atomic E-state index is 9.16. The van der Waals surface area contributed by atoms with Gasteiger partial charge in [0.15, 0.2) is 0 Å². The molecule has 4 nitrogen and oxygen atoms in total. The molecule has 0 fully saturated rings. The second-order valence-electron chi connectivity index (χ2n) is 6.19. The molecule has 1 N–H and O–H groups in total. The van der Waals surface area contributed by atoms with E-state index < -0.39 is 0 Å². The Labute approximate surface area is 132 Å². The molecular weight excluding hydrogens is 276 g/mol. The molecule has 3 rings (SSSR count). The van der Waals surface area contributed by atoms with E-state index in [-0.39, 0.29) is 6.61 Å². The maximum absolute atomic E-state index is 9.16. The van der Waals surface area contributed by atoms with Gasteiger partial charge in [0.25, 0.3) is 0 Å². The summed E-state index contributed by atoms with van der Waals surface area (Å²) in [7, 11) is 4.30. The van der Waals surface area contributed by atoms with Crippen molar-refractivity contribution in [3.05, 3.63) is 53.5 Å². The maximum Gasteiger partial charge on any atom is 0.129 e. The van der Waals surface area contributed by atoms with Crippen LogP contribution in [-0.4, -0.2) is 36.7 Å². The third kappa shape index (κ3) is 3.18. The van der Waals surface area contributed by atoms with Crippen molar-refractivity contribution in [2.24, 2.45) is 0 Å². The van der Waals surface area contributed by atoms with Gasteiger partial charge in [0, 0.05) is 18.3 Å². The molecule has 1 aliphatic rings. The van der Waals surface area contributed by atoms with E-state index in [0.717, 1.165) is 25.3 Å². The lowest BCUT2D eigenvalue weighted by Gasteiger charge is -2.30. The monoisotopic (exact) mass is 300 g/mol. The second kappa shape index (κ2) is 6.55. The van der Waals surface area contributed by atoms with Crippen LogP contribution in [0.5, 0.6) is 0 Å². The number of furan rings is 1. The lowest BCUT2D eigenvalue weighted by molar-refractivity contribution is 0.242. The largest absolute Gasteiger partial charge is 0.462 e. The van der Waals surface area contributed by atoms with Gasteiger partial charge in [0.05, 0.1) is 6.54 Å². The van der Waals surface area contributed by atoms with Gasteiger partial charge in [-0.2, -0.15) is 0 Å². The number of rotatable bonds is 4. The molecule has 0 bridgehead atoms. The van der Waals surface area contributed by atoms with Crippen LogP contribution in [0.1, 0.15) is 23.5 Å². The smallest absolute Gasteiger partial charge is 0.129 e. The summed E-state index contributed by atoms with van der Waals surface area (Å²) in [6.45, 7) is 1.68. The lowest BCUT2D eigenvalue weighted by Crippen LogP contribution is -2.39. The fourth-order valence-electron chi connectivity index (χ4n) is 3.15. The Morgan fingerprint density at radius 2 is 1.95 bits per heavy atom. The van der Waals surface area contributed by atoms with Crippen molar-refractivity contribution in [2.75, 3.05) is 25.5 Å². The minimum Gasteiger partial charge on any atom is -0.462 e. The Kier molecular flexibility index (Phi) is 4.50. The van der Waals surface area contributed by atoms with Crippen molar-refractivity contribution >= 4 is 5.69 Å². The van der Waals surface area contributed by atoms with Gasteiger partial charge in [-0.3, -0.25) is 0 Å². The number of para-hydroxylation sites is 1. The number of aryl methyl sites for hydroxylation is 1. The Balaban J connectivity index is 1.87. The van der Waals surface area contributed by atoms with Crippen LogP contribution in [0.3, 0.4) is 0 Å². The zero-order valence-electron chi connectivity index (χ0n) is 13.3. The number of aliphatic hydroxyl groups is 1. The van der Waals surface area contributed by atoms with Gasteiger partial charge in [-0.1, -0.05) is 18.2 Å². The zero-order valence-corrected chi connectivity index (χ0v) is 13.3. The van der Waals surface area contributed by atoms with Crippen molar-refractivity contribution in [1.29, 1.82) is 0 Å². The summed E-state index contributed by atoms with van der Waals surface area (Å²) in [5.41, 5.74) is 2.70. The van der Waals surface area contributed by atoms with Gasteiger partial charge in [-0.25, -0.2) is 0 Å². The summed E-state index contributed by atoms with van der Waals surface area (Å²) in [5, 5.41) is 9.16. The van der Waals surface area contributed by atoms with Gasteiger partial charge in [0.2, 0.25) is 0 Å². The predicted molar refractivity (Wildman–Crippen MR) is 87.9 cm³/mol. The molecule has 118 valence electrons. The Hall–Kier alpha value is -1.78. The molecule has 0 aliphatic carbocycles. The fraction of sp³-hybridized carbons (Fsp3) is 0.444. The van der Waals surface area contributed by atoms with E-state index in [1.807, 2.05) is 12.1 Å². The summed E-state index contributed by atoms with van der Waals surface area (Å²) in [6, 6.07) is 13.0. The molecule has 0 spiro atoms. The number of likely N-dealkylation sites (N-methyl/N-ethyl adjacent to an activating group) is 1. The standard InChI is InChI=1S/C18H24N2O2/c1-19(2)15-8-7-14-5-3-4-6-18(14)20(11-15)12-16-9-10-17(13-21)22-16/h3-6,9-10,15,21H,7-8,11-13H2,1-2H3. The van der Waals surface area contributed by atoms with Crippen LogP contribution < -0.4 is 4.90 Å². The third-order valence-corrected chi connectivity index (χ3v) is 4.46. The number of hydrogen-bond acceptors (Lipinski definition) is 4. The van der Waals surface area contributed by atoms with Gasteiger partial charge < -0.3 is 19.3 Å². The van der Waals surface area contributed by atoms with Crippen LogP contribution >= 0.6 is 0 Å². The summed E-state index contributed by atoms with van der Waals surface area (Å²) < 4.78 is 5.68. The molecule has 0 amide bonds. The first-order valence-electron chi connectivity index (χ1n) is 7.85. The van der Waals surface area contributed by atoms with E-state index in [0.29, 0.717) is 11.8 Å². The minimum atomic E-state index is -0.0447. The third-order valence-electron chi connectivity index (χ3n) is 4.46. The Morgan fingerprint density at radius 3 is 2.68 bits per heavy atom. The van der Waals surface area contributed by atoms with E-state index in [1.54, 1.807) is 0 Å². The molecule has 1 aromatic carbocycles. The van der Waals surface area contributed by atoms with Crippen LogP contribution in [0.15, 0.2) is 40.8 Å². The van der Waals surface area contributed by atoms with E-state index in [1.165, 1.54) is 17.7 Å². The van der Waals surface area contributed by atoms with E-state index in [4.69, 9.17) is 9.52 Å². The minimum absolute atomic E-state index is 0.0447. The summed E-state index contributed by atoms with van der Waals surface area (Å²) in [4.78, 5) is 4.70. The van der Waals surface area contributed by atoms with Crippen molar-refractivity contribution < 1.29 is 9.52 Å². The number of nitrogens with zero attached hydrogens (tertiary/aromatic N) is 2. The average molecular weight is 300 g/mol. The first-order chi connectivity index (χ1) is 10.7. The number of hydrogen-bond donors (Lipinski definition) is 1. The van der Waals surface area contributed by atoms with Crippen molar-refractivity contribution in [2.45, 2.75) is 32.0 Å². The summed E-state index contributed by atoms with van der Waals surface area (Å²) >= 11 is 0. The van der Waals surface area contributed by atoms with Crippen molar-refractivity contribution in [1.82, 2.24) is 4.90 Å². The molecule has 0 saturated heterocycles. The number of anilines is 1. The van der Waals surface area contributed by atoms with Crippen molar-refractivity contribution in [3.63, 3.8) is 0 Å². The average Bonchev–Trinajstić information content (AvgIpc) is 2.89. The number of aliphatic hydroxyl groups excluding tert-OH is 1. The van der Waals surface area contributed by atoms with Gasteiger partial charge >= 0.3 is 0 Å². The van der Waals surface area contributed by atoms with Crippen LogP contribution in [0.4, 0.5) is 5.69 Å². The van der Waals surface area contributed by atoms with Crippen LogP contribution in [0, 0.1) is 0 Å². The van der Waals surface area contributed by atoms with E-state index in [2.05, 4.69) is 48.2 Å². The van der Waals surface area contributed by atoms with E-state index in [9.17, 15) is 0 Å². The zero-order chi connectivity index (χ0) is 15.5. The molecule has 0 radical (unpaired) electrons. The normalized spacial score (nSPS) is 18.4. The molecule has 4 heteroatoms. The predicted octanol–water partition coefficient (Wildman–Crippen LogP) is 2.65. The fourth-order valence-corrected chi connectivity index (χ4v) is 3.15. The summed E-state index contributed by atoms with van der Waals surface area (Å²) in [5.74, 6) is 1.53. The molecule has 1 unspecified atom stereocenters. The van der Waals surface area contributed by atoms with Gasteiger partial charge in [-0.15, -0.1) is 0 Å². The molecule has 22 heavy (non-hydrogen) atoms. The molecule has 2 aromatic rings. The highest BCUT2D eigenvalue weighted by Gasteiger charge is 2.23. The Bertz CT molecular complexity index is 621. The molecule has 1 aliphatic heterocycles. The highest BCUT2D eigenvalue weighted by molar-refractivity contribution is 5.55. The molecule has 1 atom stereocenters. The van der Waals surface area contributed by atoms with Crippen molar-refractivity contribution in [3.8, 4) is 0 Å². The quantitative estimate of drug-likeness (QED) is 0.942. The van der Waals surface area contributed by atoms with Crippen LogP contribution in [0.2, 0.25) is 0 Å². The first-order valence-corrected chi connectivity index (χ1v) is 7.85. The SMILES string of the molecule is CN(C)C1CCc2ccccc2N(Cc2ccc(CO)o2)C1. The topological polar surface area (TPSA) is 39.9 Å². The van der Waals surface area contributed by atoms with E-state index >= 15 is 0 Å². The van der Waals surface area contributed by atoms with Crippen LogP contribution in [0.25, 0.3) is 0 Å². The highest BCUT2D eigenvalue weighted by Crippen LogP contribution is 2.29. The highest BCUT2D eigenvalue weighted by atomic mass is 16.4. The molecule has 1 aromatic heterocycles. The Morgan fingerprint density at radius 1 is 1.18 bits per heavy atom. The van der Waals surface area contributed by atoms with Gasteiger partial charge in [-0.05, 0) is 50.7 Å². The lowest BCUT2D eigenvalue weighted by atomic mass is 10.1. The number of fused-ring (bicyclic) bond motifs is 1. The summed E-state index contributed by atoms with van der Waals surface area (Å²) in [6.07, 6.45) is 2.27. The van der Waals surface area contributed by atoms with Crippen LogP contribution in [-0.2, 0) is 19.6 Å². The molecular formula is C18H24N2O2.